The number of hydrogen-bond donors (Lipinski definition) is 1. The van der Waals surface area contributed by atoms with Crippen LogP contribution in [0.15, 0.2) is 18.2 Å². The van der Waals surface area contributed by atoms with Gasteiger partial charge in [0, 0.05) is 38.3 Å². The fraction of sp³-hybridized carbons (Fsp3) is 0.667. The van der Waals surface area contributed by atoms with E-state index in [1.54, 1.807) is 0 Å². The minimum absolute atomic E-state index is 0.271. The smallest absolute Gasteiger partial charge is 0.128 e. The molecule has 19 heavy (non-hydrogen) atoms. The third-order valence-electron chi connectivity index (χ3n) is 3.70. The SMILES string of the molecule is CNCc1cccc(N2CCN(C(C)(C)C)CC2)n1. The maximum absolute atomic E-state index is 4.72. The van der Waals surface area contributed by atoms with Crippen LogP contribution >= 0.6 is 0 Å². The van der Waals surface area contributed by atoms with Crippen LogP contribution in [0.3, 0.4) is 0 Å². The molecule has 1 aromatic rings. The Morgan fingerprint density at radius 2 is 1.84 bits per heavy atom. The topological polar surface area (TPSA) is 31.4 Å². The average Bonchev–Trinajstić information content (AvgIpc) is 2.39. The zero-order chi connectivity index (χ0) is 13.9. The second-order valence-electron chi connectivity index (χ2n) is 6.16. The predicted octanol–water partition coefficient (Wildman–Crippen LogP) is 1.72. The standard InChI is InChI=1S/C15H26N4/c1-15(2,3)19-10-8-18(9-11-19)14-7-5-6-13(17-14)12-16-4/h5-7,16H,8-12H2,1-4H3. The molecule has 106 valence electrons. The average molecular weight is 262 g/mol. The van der Waals surface area contributed by atoms with Gasteiger partial charge in [-0.25, -0.2) is 4.98 Å². The lowest BCUT2D eigenvalue weighted by atomic mass is 10.1. The summed E-state index contributed by atoms with van der Waals surface area (Å²) >= 11 is 0. The molecule has 4 heteroatoms. The third kappa shape index (κ3) is 3.67. The van der Waals surface area contributed by atoms with Crippen molar-refractivity contribution in [2.45, 2.75) is 32.9 Å². The molecule has 0 spiro atoms. The Labute approximate surface area is 116 Å². The summed E-state index contributed by atoms with van der Waals surface area (Å²) in [5.41, 5.74) is 1.38. The minimum atomic E-state index is 0.271. The molecule has 1 N–H and O–H groups in total. The Morgan fingerprint density at radius 3 is 2.42 bits per heavy atom. The van der Waals surface area contributed by atoms with Crippen LogP contribution in [0.5, 0.6) is 0 Å². The maximum Gasteiger partial charge on any atom is 0.128 e. The van der Waals surface area contributed by atoms with Gasteiger partial charge in [-0.15, -0.1) is 0 Å². The van der Waals surface area contributed by atoms with E-state index in [0.29, 0.717) is 0 Å². The van der Waals surface area contributed by atoms with Crippen molar-refractivity contribution in [3.63, 3.8) is 0 Å². The van der Waals surface area contributed by atoms with Gasteiger partial charge >= 0.3 is 0 Å². The van der Waals surface area contributed by atoms with Gasteiger partial charge in [0.2, 0.25) is 0 Å². The molecule has 0 amide bonds. The van der Waals surface area contributed by atoms with Crippen LogP contribution in [0.2, 0.25) is 0 Å². The molecule has 0 unspecified atom stereocenters. The molecule has 1 fully saturated rings. The third-order valence-corrected chi connectivity index (χ3v) is 3.70. The van der Waals surface area contributed by atoms with Gasteiger partial charge in [0.15, 0.2) is 0 Å². The largest absolute Gasteiger partial charge is 0.354 e. The summed E-state index contributed by atoms with van der Waals surface area (Å²) in [7, 11) is 1.95. The molecule has 1 saturated heterocycles. The van der Waals surface area contributed by atoms with Gasteiger partial charge in [-0.2, -0.15) is 0 Å². The molecule has 0 atom stereocenters. The number of hydrogen-bond acceptors (Lipinski definition) is 4. The molecule has 1 aliphatic rings. The van der Waals surface area contributed by atoms with Gasteiger partial charge in [0.25, 0.3) is 0 Å². The van der Waals surface area contributed by atoms with Crippen LogP contribution in [0, 0.1) is 0 Å². The maximum atomic E-state index is 4.72. The Kier molecular flexibility index (Phi) is 4.42. The van der Waals surface area contributed by atoms with Crippen molar-refractivity contribution in [3.05, 3.63) is 23.9 Å². The number of nitrogens with zero attached hydrogens (tertiary/aromatic N) is 3. The van der Waals surface area contributed by atoms with Crippen molar-refractivity contribution in [1.82, 2.24) is 15.2 Å². The van der Waals surface area contributed by atoms with Crippen molar-refractivity contribution in [3.8, 4) is 0 Å². The normalized spacial score (nSPS) is 17.8. The molecule has 1 aromatic heterocycles. The quantitative estimate of drug-likeness (QED) is 0.899. The second-order valence-corrected chi connectivity index (χ2v) is 6.16. The highest BCUT2D eigenvalue weighted by Crippen LogP contribution is 2.19. The van der Waals surface area contributed by atoms with Crippen molar-refractivity contribution in [2.24, 2.45) is 0 Å². The summed E-state index contributed by atoms with van der Waals surface area (Å²) in [4.78, 5) is 9.65. The molecule has 1 aliphatic heterocycles. The fourth-order valence-corrected chi connectivity index (χ4v) is 2.53. The first-order chi connectivity index (χ1) is 9.00. The number of anilines is 1. The molecule has 2 heterocycles. The van der Waals surface area contributed by atoms with Gasteiger partial charge in [0.1, 0.15) is 5.82 Å². The summed E-state index contributed by atoms with van der Waals surface area (Å²) in [6, 6.07) is 6.29. The van der Waals surface area contributed by atoms with Gasteiger partial charge in [-0.3, -0.25) is 4.90 Å². The van der Waals surface area contributed by atoms with Crippen molar-refractivity contribution in [1.29, 1.82) is 0 Å². The zero-order valence-electron chi connectivity index (χ0n) is 12.6. The van der Waals surface area contributed by atoms with Crippen LogP contribution in [0.1, 0.15) is 26.5 Å². The van der Waals surface area contributed by atoms with Crippen LogP contribution < -0.4 is 10.2 Å². The van der Waals surface area contributed by atoms with Crippen LogP contribution in [-0.2, 0) is 6.54 Å². The van der Waals surface area contributed by atoms with E-state index in [0.717, 1.165) is 44.2 Å². The minimum Gasteiger partial charge on any atom is -0.354 e. The van der Waals surface area contributed by atoms with Crippen molar-refractivity contribution < 1.29 is 0 Å². The highest BCUT2D eigenvalue weighted by Gasteiger charge is 2.26. The molecule has 0 bridgehead atoms. The molecule has 0 aliphatic carbocycles. The molecule has 4 nitrogen and oxygen atoms in total. The van der Waals surface area contributed by atoms with E-state index in [1.807, 2.05) is 7.05 Å². The number of nitrogens with one attached hydrogen (secondary N) is 1. The monoisotopic (exact) mass is 262 g/mol. The van der Waals surface area contributed by atoms with E-state index in [2.05, 4.69) is 54.1 Å². The Balaban J connectivity index is 1.99. The first-order valence-corrected chi connectivity index (χ1v) is 7.11. The highest BCUT2D eigenvalue weighted by atomic mass is 15.3. The highest BCUT2D eigenvalue weighted by molar-refractivity contribution is 5.40. The molecule has 0 radical (unpaired) electrons. The van der Waals surface area contributed by atoms with Crippen molar-refractivity contribution >= 4 is 5.82 Å². The lowest BCUT2D eigenvalue weighted by Crippen LogP contribution is -2.53. The van der Waals surface area contributed by atoms with E-state index in [-0.39, 0.29) is 5.54 Å². The number of piperazine rings is 1. The number of aromatic nitrogens is 1. The zero-order valence-corrected chi connectivity index (χ0v) is 12.6. The van der Waals surface area contributed by atoms with Gasteiger partial charge in [0.05, 0.1) is 5.69 Å². The van der Waals surface area contributed by atoms with Crippen molar-refractivity contribution in [2.75, 3.05) is 38.1 Å². The van der Waals surface area contributed by atoms with Crippen LogP contribution in [0.4, 0.5) is 5.82 Å². The summed E-state index contributed by atoms with van der Waals surface area (Å²) in [5, 5.41) is 3.15. The number of rotatable bonds is 3. The van der Waals surface area contributed by atoms with Gasteiger partial charge in [-0.05, 0) is 40.0 Å². The lowest BCUT2D eigenvalue weighted by Gasteiger charge is -2.42. The molecule has 2 rings (SSSR count). The van der Waals surface area contributed by atoms with E-state index in [1.165, 1.54) is 0 Å². The summed E-state index contributed by atoms with van der Waals surface area (Å²) in [6.45, 7) is 12.0. The van der Waals surface area contributed by atoms with E-state index < -0.39 is 0 Å². The van der Waals surface area contributed by atoms with Gasteiger partial charge in [-0.1, -0.05) is 6.07 Å². The van der Waals surface area contributed by atoms with Crippen LogP contribution in [-0.4, -0.2) is 48.6 Å². The van der Waals surface area contributed by atoms with E-state index in [4.69, 9.17) is 4.98 Å². The molecule has 0 aromatic carbocycles. The Hall–Kier alpha value is -1.13. The first-order valence-electron chi connectivity index (χ1n) is 7.11. The molecular weight excluding hydrogens is 236 g/mol. The molecular formula is C15H26N4. The summed E-state index contributed by atoms with van der Waals surface area (Å²) in [5.74, 6) is 1.11. The second kappa shape index (κ2) is 5.88. The lowest BCUT2D eigenvalue weighted by molar-refractivity contribution is 0.128. The Bertz CT molecular complexity index is 403. The van der Waals surface area contributed by atoms with Crippen LogP contribution in [0.25, 0.3) is 0 Å². The summed E-state index contributed by atoms with van der Waals surface area (Å²) in [6.07, 6.45) is 0. The number of pyridine rings is 1. The van der Waals surface area contributed by atoms with Gasteiger partial charge < -0.3 is 10.2 Å². The first kappa shape index (κ1) is 14.3. The van der Waals surface area contributed by atoms with E-state index >= 15 is 0 Å². The Morgan fingerprint density at radius 1 is 1.16 bits per heavy atom. The van der Waals surface area contributed by atoms with E-state index in [9.17, 15) is 0 Å². The molecule has 0 saturated carbocycles. The summed E-state index contributed by atoms with van der Waals surface area (Å²) < 4.78 is 0. The fourth-order valence-electron chi connectivity index (χ4n) is 2.53. The predicted molar refractivity (Wildman–Crippen MR) is 80.5 cm³/mol.